The van der Waals surface area contributed by atoms with E-state index in [-0.39, 0.29) is 29.5 Å². The highest BCUT2D eigenvalue weighted by atomic mass is 127. The molecule has 1 saturated carbocycles. The highest BCUT2D eigenvalue weighted by Crippen LogP contribution is 2.43. The van der Waals surface area contributed by atoms with Gasteiger partial charge in [0.25, 0.3) is 5.56 Å². The van der Waals surface area contributed by atoms with Gasteiger partial charge in [0.05, 0.1) is 6.54 Å². The molecule has 0 bridgehead atoms. The number of likely N-dealkylation sites (tertiary alicyclic amines) is 1. The van der Waals surface area contributed by atoms with Gasteiger partial charge in [0.1, 0.15) is 0 Å². The summed E-state index contributed by atoms with van der Waals surface area (Å²) in [4.78, 5) is 18.9. The van der Waals surface area contributed by atoms with E-state index in [9.17, 15) is 4.79 Å². The summed E-state index contributed by atoms with van der Waals surface area (Å²) < 4.78 is 1.73. The lowest BCUT2D eigenvalue weighted by atomic mass is 9.73. The van der Waals surface area contributed by atoms with E-state index >= 15 is 0 Å². The molecule has 1 N–H and O–H groups in total. The minimum atomic E-state index is 0. The standard InChI is InChI=1S/C24H32N4O.HI/c1-25-23(28-16-14-24(19-28)12-4-2-5-13-24)26-17-20-8-10-21(11-9-20)18-27-15-6-3-7-22(27)29;/h3,6-11,15H,2,4-5,12-14,16-19H2,1H3,(H,25,26);1H. The summed E-state index contributed by atoms with van der Waals surface area (Å²) in [5.41, 5.74) is 2.92. The molecule has 2 fully saturated rings. The van der Waals surface area contributed by atoms with E-state index in [4.69, 9.17) is 0 Å². The SMILES string of the molecule is CN=C(NCc1ccc(Cn2ccccc2=O)cc1)N1CCC2(CCCCC2)C1.I. The van der Waals surface area contributed by atoms with Crippen LogP contribution in [0.3, 0.4) is 0 Å². The Bertz CT molecular complexity index is 900. The van der Waals surface area contributed by atoms with Crippen LogP contribution in [-0.4, -0.2) is 35.6 Å². The second-order valence-electron chi connectivity index (χ2n) is 8.62. The number of rotatable bonds is 4. The maximum absolute atomic E-state index is 11.9. The van der Waals surface area contributed by atoms with Crippen molar-refractivity contribution in [2.75, 3.05) is 20.1 Å². The zero-order chi connectivity index (χ0) is 20.1. The summed E-state index contributed by atoms with van der Waals surface area (Å²) in [7, 11) is 1.88. The van der Waals surface area contributed by atoms with E-state index in [0.717, 1.165) is 31.2 Å². The first-order valence-corrected chi connectivity index (χ1v) is 10.9. The average Bonchev–Trinajstić information content (AvgIpc) is 3.15. The molecule has 5 nitrogen and oxygen atoms in total. The third-order valence-corrected chi connectivity index (χ3v) is 6.59. The fourth-order valence-corrected chi connectivity index (χ4v) is 4.89. The maximum atomic E-state index is 11.9. The average molecular weight is 520 g/mol. The van der Waals surface area contributed by atoms with E-state index in [1.165, 1.54) is 44.1 Å². The molecule has 162 valence electrons. The van der Waals surface area contributed by atoms with Gasteiger partial charge in [-0.1, -0.05) is 49.6 Å². The van der Waals surface area contributed by atoms with Gasteiger partial charge in [-0.25, -0.2) is 0 Å². The number of benzene rings is 1. The van der Waals surface area contributed by atoms with Gasteiger partial charge in [-0.15, -0.1) is 24.0 Å². The van der Waals surface area contributed by atoms with Gasteiger partial charge in [-0.2, -0.15) is 0 Å². The van der Waals surface area contributed by atoms with Crippen LogP contribution in [0.25, 0.3) is 0 Å². The summed E-state index contributed by atoms with van der Waals surface area (Å²) in [6.45, 7) is 3.63. The van der Waals surface area contributed by atoms with Crippen molar-refractivity contribution in [3.63, 3.8) is 0 Å². The number of guanidine groups is 1. The van der Waals surface area contributed by atoms with E-state index in [0.29, 0.717) is 12.0 Å². The van der Waals surface area contributed by atoms with Crippen LogP contribution in [0.5, 0.6) is 0 Å². The Balaban J connectivity index is 0.00000256. The zero-order valence-corrected chi connectivity index (χ0v) is 20.2. The number of aromatic nitrogens is 1. The lowest BCUT2D eigenvalue weighted by Gasteiger charge is -2.33. The lowest BCUT2D eigenvalue weighted by molar-refractivity contribution is 0.203. The molecular formula is C24H33IN4O. The fraction of sp³-hybridized carbons (Fsp3) is 0.500. The van der Waals surface area contributed by atoms with Crippen molar-refractivity contribution in [1.29, 1.82) is 0 Å². The van der Waals surface area contributed by atoms with E-state index in [1.54, 1.807) is 16.7 Å². The number of hydrogen-bond donors (Lipinski definition) is 1. The molecule has 0 unspecified atom stereocenters. The number of pyridine rings is 1. The van der Waals surface area contributed by atoms with Crippen molar-refractivity contribution in [3.8, 4) is 0 Å². The minimum Gasteiger partial charge on any atom is -0.352 e. The molecule has 0 amide bonds. The number of aliphatic imine (C=N–C) groups is 1. The smallest absolute Gasteiger partial charge is 0.250 e. The van der Waals surface area contributed by atoms with Crippen molar-refractivity contribution >= 4 is 29.9 Å². The first kappa shape index (κ1) is 22.8. The molecule has 2 heterocycles. The molecule has 1 aromatic carbocycles. The van der Waals surface area contributed by atoms with Gasteiger partial charge < -0.3 is 14.8 Å². The Hall–Kier alpha value is -1.83. The van der Waals surface area contributed by atoms with Crippen LogP contribution in [0, 0.1) is 5.41 Å². The molecular weight excluding hydrogens is 487 g/mol. The van der Waals surface area contributed by atoms with Crippen molar-refractivity contribution in [2.24, 2.45) is 10.4 Å². The molecule has 0 atom stereocenters. The van der Waals surface area contributed by atoms with Crippen LogP contribution in [0.2, 0.25) is 0 Å². The van der Waals surface area contributed by atoms with Crippen LogP contribution in [0.4, 0.5) is 0 Å². The summed E-state index contributed by atoms with van der Waals surface area (Å²) in [5, 5.41) is 3.55. The topological polar surface area (TPSA) is 49.6 Å². The molecule has 4 rings (SSSR count). The summed E-state index contributed by atoms with van der Waals surface area (Å²) in [5.74, 6) is 1.02. The fourth-order valence-electron chi connectivity index (χ4n) is 4.89. The highest BCUT2D eigenvalue weighted by Gasteiger charge is 2.39. The van der Waals surface area contributed by atoms with E-state index in [2.05, 4.69) is 39.5 Å². The normalized spacial score (nSPS) is 18.3. The number of hydrogen-bond acceptors (Lipinski definition) is 2. The largest absolute Gasteiger partial charge is 0.352 e. The summed E-state index contributed by atoms with van der Waals surface area (Å²) in [6.07, 6.45) is 10.1. The molecule has 2 aliphatic rings. The Morgan fingerprint density at radius 2 is 1.77 bits per heavy atom. The Kier molecular flexibility index (Phi) is 7.97. The summed E-state index contributed by atoms with van der Waals surface area (Å²) >= 11 is 0. The minimum absolute atomic E-state index is 0. The predicted octanol–water partition coefficient (Wildman–Crippen LogP) is 4.25. The maximum Gasteiger partial charge on any atom is 0.250 e. The Labute approximate surface area is 196 Å². The zero-order valence-electron chi connectivity index (χ0n) is 17.8. The number of halogens is 1. The molecule has 0 radical (unpaired) electrons. The number of nitrogens with zero attached hydrogens (tertiary/aromatic N) is 3. The van der Waals surface area contributed by atoms with Gasteiger partial charge in [-0.05, 0) is 41.9 Å². The highest BCUT2D eigenvalue weighted by molar-refractivity contribution is 14.0. The van der Waals surface area contributed by atoms with Crippen molar-refractivity contribution in [3.05, 3.63) is 70.1 Å². The van der Waals surface area contributed by atoms with Crippen molar-refractivity contribution in [1.82, 2.24) is 14.8 Å². The first-order chi connectivity index (χ1) is 14.2. The molecule has 30 heavy (non-hydrogen) atoms. The number of nitrogens with one attached hydrogen (secondary N) is 1. The van der Waals surface area contributed by atoms with Crippen LogP contribution in [0.1, 0.15) is 49.7 Å². The quantitative estimate of drug-likeness (QED) is 0.373. The van der Waals surface area contributed by atoms with Gasteiger partial charge in [0, 0.05) is 38.9 Å². The predicted molar refractivity (Wildman–Crippen MR) is 134 cm³/mol. The lowest BCUT2D eigenvalue weighted by Crippen LogP contribution is -2.41. The van der Waals surface area contributed by atoms with Gasteiger partial charge in [0.2, 0.25) is 0 Å². The van der Waals surface area contributed by atoms with Gasteiger partial charge >= 0.3 is 0 Å². The molecule has 1 aromatic heterocycles. The van der Waals surface area contributed by atoms with Crippen LogP contribution in [0.15, 0.2) is 58.4 Å². The second kappa shape index (κ2) is 10.5. The Morgan fingerprint density at radius 3 is 2.47 bits per heavy atom. The molecule has 1 aliphatic carbocycles. The van der Waals surface area contributed by atoms with E-state index in [1.807, 2.05) is 19.3 Å². The van der Waals surface area contributed by atoms with E-state index < -0.39 is 0 Å². The molecule has 6 heteroatoms. The van der Waals surface area contributed by atoms with Crippen LogP contribution in [-0.2, 0) is 13.1 Å². The first-order valence-electron chi connectivity index (χ1n) is 10.9. The van der Waals surface area contributed by atoms with Crippen molar-refractivity contribution < 1.29 is 0 Å². The van der Waals surface area contributed by atoms with Crippen LogP contribution < -0.4 is 10.9 Å². The van der Waals surface area contributed by atoms with Gasteiger partial charge in [-0.3, -0.25) is 9.79 Å². The monoisotopic (exact) mass is 520 g/mol. The third-order valence-electron chi connectivity index (χ3n) is 6.59. The molecule has 1 spiro atoms. The summed E-state index contributed by atoms with van der Waals surface area (Å²) in [6, 6.07) is 13.7. The molecule has 1 aliphatic heterocycles. The van der Waals surface area contributed by atoms with Gasteiger partial charge in [0.15, 0.2) is 5.96 Å². The third kappa shape index (κ3) is 5.45. The Morgan fingerprint density at radius 1 is 1.03 bits per heavy atom. The van der Waals surface area contributed by atoms with Crippen LogP contribution >= 0.6 is 24.0 Å². The molecule has 2 aromatic rings. The second-order valence-corrected chi connectivity index (χ2v) is 8.62. The van der Waals surface area contributed by atoms with Crippen molar-refractivity contribution in [2.45, 2.75) is 51.6 Å². The molecule has 1 saturated heterocycles.